The van der Waals surface area contributed by atoms with Crippen molar-refractivity contribution in [2.75, 3.05) is 11.9 Å². The van der Waals surface area contributed by atoms with E-state index in [1.54, 1.807) is 0 Å². The van der Waals surface area contributed by atoms with Gasteiger partial charge in [0.2, 0.25) is 5.91 Å². The number of aromatic nitrogens is 1. The van der Waals surface area contributed by atoms with Crippen LogP contribution in [0, 0.1) is 10.1 Å². The van der Waals surface area contributed by atoms with Gasteiger partial charge in [-0.2, -0.15) is 4.98 Å². The molecule has 0 unspecified atom stereocenters. The van der Waals surface area contributed by atoms with Crippen LogP contribution in [-0.4, -0.2) is 22.4 Å². The zero-order valence-corrected chi connectivity index (χ0v) is 10.7. The van der Waals surface area contributed by atoms with E-state index >= 15 is 0 Å². The molecule has 0 bridgehead atoms. The van der Waals surface area contributed by atoms with Gasteiger partial charge >= 0.3 is 0 Å². The summed E-state index contributed by atoms with van der Waals surface area (Å²) in [5, 5.41) is 13.6. The molecule has 0 radical (unpaired) electrons. The van der Waals surface area contributed by atoms with Crippen molar-refractivity contribution in [3.63, 3.8) is 0 Å². The molecule has 2 rings (SSSR count). The van der Waals surface area contributed by atoms with Crippen LogP contribution in [0.25, 0.3) is 11.1 Å². The molecule has 8 heteroatoms. The number of nitrogens with two attached hydrogens (primary N) is 1. The van der Waals surface area contributed by atoms with Crippen molar-refractivity contribution in [1.29, 1.82) is 0 Å². The third-order valence-electron chi connectivity index (χ3n) is 2.71. The van der Waals surface area contributed by atoms with E-state index in [-0.39, 0.29) is 11.6 Å². The zero-order valence-electron chi connectivity index (χ0n) is 10.7. The minimum atomic E-state index is -0.487. The summed E-state index contributed by atoms with van der Waals surface area (Å²) in [4.78, 5) is 24.9. The largest absolute Gasteiger partial charge is 0.423 e. The molecule has 0 aliphatic rings. The molecule has 2 aromatic rings. The van der Waals surface area contributed by atoms with E-state index in [9.17, 15) is 14.9 Å². The van der Waals surface area contributed by atoms with E-state index in [4.69, 9.17) is 10.2 Å². The number of nitrogens with zero attached hydrogens (tertiary/aromatic N) is 2. The summed E-state index contributed by atoms with van der Waals surface area (Å²) >= 11 is 0. The highest BCUT2D eigenvalue weighted by molar-refractivity contribution is 5.77. The fourth-order valence-corrected chi connectivity index (χ4v) is 1.72. The minimum absolute atomic E-state index is 0.0401. The molecule has 0 saturated carbocycles. The molecule has 1 amide bonds. The Morgan fingerprint density at radius 3 is 2.95 bits per heavy atom. The van der Waals surface area contributed by atoms with Gasteiger partial charge in [0.1, 0.15) is 5.52 Å². The molecular formula is C12H14N4O4. The number of hydrogen-bond acceptors (Lipinski definition) is 6. The van der Waals surface area contributed by atoms with Crippen molar-refractivity contribution in [3.8, 4) is 0 Å². The first-order valence-corrected chi connectivity index (χ1v) is 6.13. The lowest BCUT2D eigenvalue weighted by Crippen LogP contribution is -2.10. The maximum absolute atomic E-state index is 10.6. The fourth-order valence-electron chi connectivity index (χ4n) is 1.72. The Labute approximate surface area is 114 Å². The Balaban J connectivity index is 1.94. The molecule has 3 N–H and O–H groups in total. The Kier molecular flexibility index (Phi) is 4.14. The summed E-state index contributed by atoms with van der Waals surface area (Å²) < 4.78 is 5.37. The van der Waals surface area contributed by atoms with Crippen LogP contribution in [-0.2, 0) is 4.79 Å². The third-order valence-corrected chi connectivity index (χ3v) is 2.71. The second kappa shape index (κ2) is 6.00. The second-order valence-corrected chi connectivity index (χ2v) is 4.28. The molecule has 106 valence electrons. The Hall–Kier alpha value is -2.64. The normalized spacial score (nSPS) is 10.6. The lowest BCUT2D eigenvalue weighted by atomic mass is 10.2. The number of unbranched alkanes of at least 4 members (excludes halogenated alkanes) is 1. The quantitative estimate of drug-likeness (QED) is 0.452. The summed E-state index contributed by atoms with van der Waals surface area (Å²) in [6, 6.07) is 4.55. The predicted molar refractivity (Wildman–Crippen MR) is 72.2 cm³/mol. The van der Waals surface area contributed by atoms with Crippen molar-refractivity contribution >= 4 is 28.7 Å². The van der Waals surface area contributed by atoms with Gasteiger partial charge in [0.25, 0.3) is 11.7 Å². The summed E-state index contributed by atoms with van der Waals surface area (Å²) in [5.74, 6) is -0.320. The number of carbonyl (C=O) groups excluding carboxylic acids is 1. The van der Waals surface area contributed by atoms with Crippen LogP contribution in [0.15, 0.2) is 22.6 Å². The van der Waals surface area contributed by atoms with E-state index in [1.807, 2.05) is 0 Å². The number of oxazole rings is 1. The van der Waals surface area contributed by atoms with Gasteiger partial charge in [-0.25, -0.2) is 0 Å². The number of benzene rings is 1. The van der Waals surface area contributed by atoms with Gasteiger partial charge in [-0.15, -0.1) is 0 Å². The van der Waals surface area contributed by atoms with Crippen molar-refractivity contribution in [1.82, 2.24) is 4.98 Å². The van der Waals surface area contributed by atoms with Gasteiger partial charge in [0.05, 0.1) is 11.0 Å². The monoisotopic (exact) mass is 278 g/mol. The number of amides is 1. The van der Waals surface area contributed by atoms with Crippen molar-refractivity contribution in [3.05, 3.63) is 28.3 Å². The molecule has 0 aliphatic carbocycles. The number of hydrogen-bond donors (Lipinski definition) is 2. The number of nitro benzene ring substituents is 1. The SMILES string of the molecule is NC(=O)CCCCNc1nc2ccc([N+](=O)[O-])cc2o1. The Bertz CT molecular complexity index is 637. The van der Waals surface area contributed by atoms with Gasteiger partial charge in [-0.05, 0) is 18.9 Å². The fraction of sp³-hybridized carbons (Fsp3) is 0.333. The molecule has 1 heterocycles. The van der Waals surface area contributed by atoms with Gasteiger partial charge in [-0.3, -0.25) is 14.9 Å². The number of nitrogens with one attached hydrogen (secondary N) is 1. The molecule has 0 fully saturated rings. The second-order valence-electron chi connectivity index (χ2n) is 4.28. The topological polar surface area (TPSA) is 124 Å². The van der Waals surface area contributed by atoms with E-state index in [2.05, 4.69) is 10.3 Å². The first kappa shape index (κ1) is 13.8. The maximum Gasteiger partial charge on any atom is 0.295 e. The Morgan fingerprint density at radius 2 is 2.25 bits per heavy atom. The smallest absolute Gasteiger partial charge is 0.295 e. The number of non-ortho nitro benzene ring substituents is 1. The van der Waals surface area contributed by atoms with Crippen molar-refractivity contribution in [2.24, 2.45) is 5.73 Å². The van der Waals surface area contributed by atoms with Crippen LogP contribution >= 0.6 is 0 Å². The third kappa shape index (κ3) is 3.44. The number of primary amides is 1. The van der Waals surface area contributed by atoms with Gasteiger partial charge < -0.3 is 15.5 Å². The van der Waals surface area contributed by atoms with Gasteiger partial charge in [-0.1, -0.05) is 0 Å². The summed E-state index contributed by atoms with van der Waals surface area (Å²) in [5.41, 5.74) is 5.90. The van der Waals surface area contributed by atoms with E-state index < -0.39 is 4.92 Å². The lowest BCUT2D eigenvalue weighted by Gasteiger charge is -1.99. The van der Waals surface area contributed by atoms with E-state index in [0.29, 0.717) is 36.5 Å². The number of carbonyl (C=O) groups is 1. The van der Waals surface area contributed by atoms with Crippen LogP contribution in [0.4, 0.5) is 11.7 Å². The number of fused-ring (bicyclic) bond motifs is 1. The highest BCUT2D eigenvalue weighted by atomic mass is 16.6. The van der Waals surface area contributed by atoms with E-state index in [1.165, 1.54) is 18.2 Å². The molecular weight excluding hydrogens is 264 g/mol. The van der Waals surface area contributed by atoms with Crippen LogP contribution in [0.2, 0.25) is 0 Å². The highest BCUT2D eigenvalue weighted by Crippen LogP contribution is 2.23. The first-order valence-electron chi connectivity index (χ1n) is 6.13. The standard InChI is InChI=1S/C12H14N4O4/c13-11(17)3-1-2-6-14-12-15-9-5-4-8(16(18)19)7-10(9)20-12/h4-5,7H,1-3,6H2,(H2,13,17)(H,14,15). The molecule has 0 saturated heterocycles. The van der Waals surface area contributed by atoms with Crippen molar-refractivity contribution < 1.29 is 14.1 Å². The summed E-state index contributed by atoms with van der Waals surface area (Å²) in [6.07, 6.45) is 1.79. The molecule has 1 aromatic carbocycles. The van der Waals surface area contributed by atoms with E-state index in [0.717, 1.165) is 6.42 Å². The first-order chi connectivity index (χ1) is 9.56. The molecule has 20 heavy (non-hydrogen) atoms. The number of nitro groups is 1. The van der Waals surface area contributed by atoms with Crippen molar-refractivity contribution in [2.45, 2.75) is 19.3 Å². The average molecular weight is 278 g/mol. The van der Waals surface area contributed by atoms with Crippen LogP contribution < -0.4 is 11.1 Å². The summed E-state index contributed by atoms with van der Waals surface area (Å²) in [7, 11) is 0. The maximum atomic E-state index is 10.6. The molecule has 0 spiro atoms. The highest BCUT2D eigenvalue weighted by Gasteiger charge is 2.11. The summed E-state index contributed by atoms with van der Waals surface area (Å²) in [6.45, 7) is 0.586. The average Bonchev–Trinajstić information content (AvgIpc) is 2.79. The molecule has 0 atom stereocenters. The van der Waals surface area contributed by atoms with Crippen LogP contribution in [0.5, 0.6) is 0 Å². The van der Waals surface area contributed by atoms with Gasteiger partial charge in [0.15, 0.2) is 5.58 Å². The number of anilines is 1. The Morgan fingerprint density at radius 1 is 1.45 bits per heavy atom. The molecule has 0 aliphatic heterocycles. The van der Waals surface area contributed by atoms with Crippen LogP contribution in [0.1, 0.15) is 19.3 Å². The zero-order chi connectivity index (χ0) is 14.5. The minimum Gasteiger partial charge on any atom is -0.423 e. The predicted octanol–water partition coefficient (Wildman–Crippen LogP) is 1.80. The lowest BCUT2D eigenvalue weighted by molar-refractivity contribution is -0.384. The van der Waals surface area contributed by atoms with Crippen LogP contribution in [0.3, 0.4) is 0 Å². The van der Waals surface area contributed by atoms with Gasteiger partial charge in [0, 0.05) is 19.0 Å². The molecule has 8 nitrogen and oxygen atoms in total. The number of rotatable bonds is 7. The molecule has 1 aromatic heterocycles.